The van der Waals surface area contributed by atoms with Crippen molar-refractivity contribution in [3.8, 4) is 11.1 Å². The molecule has 4 rings (SSSR count). The smallest absolute Gasteiger partial charge is 0.272 e. The van der Waals surface area contributed by atoms with Gasteiger partial charge in [-0.2, -0.15) is 5.10 Å². The lowest BCUT2D eigenvalue weighted by Crippen LogP contribution is -2.40. The molecule has 9 heteroatoms. The third-order valence-electron chi connectivity index (χ3n) is 6.32. The monoisotopic (exact) mass is 500 g/mol. The average molecular weight is 501 g/mol. The zero-order valence-corrected chi connectivity index (χ0v) is 21.6. The van der Waals surface area contributed by atoms with Gasteiger partial charge in [-0.3, -0.25) is 23.6 Å². The van der Waals surface area contributed by atoms with E-state index in [1.165, 1.54) is 11.2 Å². The van der Waals surface area contributed by atoms with Crippen molar-refractivity contribution < 1.29 is 11.0 Å². The van der Waals surface area contributed by atoms with Gasteiger partial charge in [0.15, 0.2) is 0 Å². The summed E-state index contributed by atoms with van der Waals surface area (Å²) in [7, 11) is 1.61. The normalized spacial score (nSPS) is 11.3. The van der Waals surface area contributed by atoms with E-state index in [2.05, 4.69) is 42.4 Å². The number of nitrogens with one attached hydrogen (secondary N) is 1. The Balaban J connectivity index is 0.00000400. The number of hydrogen-bond donors (Lipinski definition) is 1. The number of carbonyl (C=O) groups excluding carboxylic acids is 2. The number of amides is 2. The molecular weight excluding hydrogens is 468 g/mol. The van der Waals surface area contributed by atoms with Crippen molar-refractivity contribution in [2.45, 2.75) is 39.8 Å². The molecule has 9 nitrogen and oxygen atoms in total. The molecule has 2 aromatic heterocycles. The molecule has 192 valence electrons. The fourth-order valence-electron chi connectivity index (χ4n) is 3.87. The second-order valence-electron chi connectivity index (χ2n) is 9.49. The minimum Gasteiger partial charge on any atom is -0.338 e. The molecule has 0 aliphatic rings. The second-order valence-corrected chi connectivity index (χ2v) is 9.49. The molecule has 0 fully saturated rings. The molecule has 0 radical (unpaired) electrons. The van der Waals surface area contributed by atoms with Crippen molar-refractivity contribution in [3.05, 3.63) is 78.1 Å². The molecule has 2 heterocycles. The van der Waals surface area contributed by atoms with Crippen LogP contribution < -0.4 is 10.9 Å². The van der Waals surface area contributed by atoms with E-state index in [4.69, 9.17) is 0 Å². The van der Waals surface area contributed by atoms with E-state index in [-0.39, 0.29) is 24.9 Å². The molecule has 0 spiro atoms. The third kappa shape index (κ3) is 4.80. The fourth-order valence-corrected chi connectivity index (χ4v) is 3.87. The van der Waals surface area contributed by atoms with Crippen LogP contribution in [0.2, 0.25) is 0 Å². The quantitative estimate of drug-likeness (QED) is 0.383. The van der Waals surface area contributed by atoms with Gasteiger partial charge in [0.2, 0.25) is 0 Å². The van der Waals surface area contributed by atoms with Crippen LogP contribution in [0.5, 0.6) is 0 Å². The van der Waals surface area contributed by atoms with E-state index in [1.54, 1.807) is 19.2 Å². The molecule has 0 aliphatic heterocycles. The molecule has 0 saturated carbocycles. The lowest BCUT2D eigenvalue weighted by Gasteiger charge is -2.22. The molecule has 0 unspecified atom stereocenters. The maximum Gasteiger partial charge on any atom is 0.272 e. The predicted octanol–water partition coefficient (Wildman–Crippen LogP) is 4.21. The zero-order valence-electron chi connectivity index (χ0n) is 21.6. The molecule has 0 saturated heterocycles. The molecule has 1 N–H and O–H groups in total. The van der Waals surface area contributed by atoms with Crippen LogP contribution in [0.1, 0.15) is 35.2 Å². The van der Waals surface area contributed by atoms with Crippen molar-refractivity contribution in [2.75, 3.05) is 7.05 Å². The van der Waals surface area contributed by atoms with Crippen molar-refractivity contribution in [2.24, 2.45) is 0 Å². The molecule has 2 amide bonds. The minimum atomic E-state index is -0.720. The summed E-state index contributed by atoms with van der Waals surface area (Å²) in [6.45, 7) is 15.2. The number of benzene rings is 2. The Morgan fingerprint density at radius 3 is 2.51 bits per heavy atom. The van der Waals surface area contributed by atoms with E-state index in [0.717, 1.165) is 26.6 Å². The van der Waals surface area contributed by atoms with Crippen LogP contribution in [0.4, 0.5) is 0 Å². The number of fused-ring (bicyclic) bond motifs is 2. The van der Waals surface area contributed by atoms with Gasteiger partial charge in [0.25, 0.3) is 17.4 Å². The zero-order chi connectivity index (χ0) is 27.0. The summed E-state index contributed by atoms with van der Waals surface area (Å²) >= 11 is 0. The van der Waals surface area contributed by atoms with Gasteiger partial charge >= 0.3 is 0 Å². The highest BCUT2D eigenvalue weighted by Gasteiger charge is 2.20. The van der Waals surface area contributed by atoms with E-state index in [1.807, 2.05) is 49.0 Å². The van der Waals surface area contributed by atoms with E-state index < -0.39 is 17.4 Å². The highest BCUT2D eigenvalue weighted by atomic mass is 16.2. The number of nitrogens with zero attached hydrogens (tertiary/aromatic N) is 5. The summed E-state index contributed by atoms with van der Waals surface area (Å²) in [4.78, 5) is 44.5. The predicted molar refractivity (Wildman–Crippen MR) is 148 cm³/mol. The largest absolute Gasteiger partial charge is 0.338 e. The maximum absolute atomic E-state index is 13.3. The van der Waals surface area contributed by atoms with E-state index in [0.29, 0.717) is 10.9 Å². The van der Waals surface area contributed by atoms with Gasteiger partial charge in [-0.25, -0.2) is 4.98 Å². The first kappa shape index (κ1) is 25.6. The minimum absolute atomic E-state index is 0. The molecule has 2 aromatic carbocycles. The van der Waals surface area contributed by atoms with Crippen LogP contribution in [0.3, 0.4) is 0 Å². The van der Waals surface area contributed by atoms with Crippen LogP contribution in [0, 0.1) is 0 Å². The first-order valence-electron chi connectivity index (χ1n) is 12.0. The Morgan fingerprint density at radius 1 is 1.11 bits per heavy atom. The summed E-state index contributed by atoms with van der Waals surface area (Å²) in [5, 5.41) is 8.34. The Hall–Kier alpha value is -4.53. The third-order valence-corrected chi connectivity index (χ3v) is 6.32. The molecule has 0 bridgehead atoms. The van der Waals surface area contributed by atoms with Crippen LogP contribution in [0.25, 0.3) is 38.6 Å². The fraction of sp³-hybridized carbons (Fsp3) is 0.250. The van der Waals surface area contributed by atoms with Crippen molar-refractivity contribution in [3.63, 3.8) is 0 Å². The van der Waals surface area contributed by atoms with Gasteiger partial charge in [0.1, 0.15) is 12.0 Å². The van der Waals surface area contributed by atoms with Gasteiger partial charge in [-0.05, 0) is 51.5 Å². The van der Waals surface area contributed by atoms with Gasteiger partial charge in [-0.1, -0.05) is 31.4 Å². The summed E-state index contributed by atoms with van der Waals surface area (Å²) in [5.41, 5.74) is 2.34. The van der Waals surface area contributed by atoms with Crippen molar-refractivity contribution in [1.29, 1.82) is 0 Å². The first-order valence-corrected chi connectivity index (χ1v) is 12.0. The lowest BCUT2D eigenvalue weighted by molar-refractivity contribution is -0.129. The highest BCUT2D eigenvalue weighted by molar-refractivity contribution is 6.15. The highest BCUT2D eigenvalue weighted by Crippen LogP contribution is 2.29. The van der Waals surface area contributed by atoms with Gasteiger partial charge < -0.3 is 10.2 Å². The van der Waals surface area contributed by atoms with Crippen molar-refractivity contribution >= 4 is 39.3 Å². The number of rotatable bonds is 7. The Kier molecular flexibility index (Phi) is 6.80. The average Bonchev–Trinajstić information content (AvgIpc) is 3.31. The maximum atomic E-state index is 13.3. The first-order chi connectivity index (χ1) is 17.5. The van der Waals surface area contributed by atoms with Crippen LogP contribution >= 0.6 is 0 Å². The molecular formula is C28H32N6O3. The number of likely N-dealkylation sites (N-methyl/N-ethyl adjacent to an activating group) is 1. The van der Waals surface area contributed by atoms with E-state index in [9.17, 15) is 14.4 Å². The molecule has 37 heavy (non-hydrogen) atoms. The van der Waals surface area contributed by atoms with Gasteiger partial charge in [-0.15, -0.1) is 0 Å². The second kappa shape index (κ2) is 9.85. The number of aromatic nitrogens is 4. The van der Waals surface area contributed by atoms with Crippen molar-refractivity contribution in [1.82, 2.24) is 29.5 Å². The van der Waals surface area contributed by atoms with E-state index >= 15 is 0 Å². The summed E-state index contributed by atoms with van der Waals surface area (Å²) in [6, 6.07) is 11.4. The van der Waals surface area contributed by atoms with Crippen LogP contribution in [0.15, 0.2) is 72.6 Å². The standard InChI is InChI=1S/C28H30N6O3.H2/c1-16(2)32(7)27(36)18(5)30-26(35)19(6)33-15-29-25-22(9-8-10-23(25)28(33)37)20-11-12-24-21(13-20)14-34(31-24)17(3)4;/h8-17H,5-6H2,1-4,7H3,(H,30,35);1H. The van der Waals surface area contributed by atoms with Gasteiger partial charge in [0.05, 0.1) is 22.1 Å². The van der Waals surface area contributed by atoms with Crippen LogP contribution in [-0.2, 0) is 9.59 Å². The summed E-state index contributed by atoms with van der Waals surface area (Å²) < 4.78 is 2.98. The topological polar surface area (TPSA) is 102 Å². The molecule has 4 aromatic rings. The number of hydrogen-bond acceptors (Lipinski definition) is 5. The summed E-state index contributed by atoms with van der Waals surface area (Å²) in [6.07, 6.45) is 3.27. The van der Waals surface area contributed by atoms with Crippen LogP contribution in [-0.4, -0.2) is 49.1 Å². The Morgan fingerprint density at radius 2 is 1.84 bits per heavy atom. The Labute approximate surface area is 216 Å². The molecule has 0 aliphatic carbocycles. The Bertz CT molecular complexity index is 1630. The SMILES string of the molecule is C=C(NC(=O)C(=C)n1cnc2c(-c3ccc4nn(C(C)C)cc4c3)cccc2c1=O)C(=O)N(C)C(C)C.[HH]. The number of para-hydroxylation sites is 1. The lowest BCUT2D eigenvalue weighted by atomic mass is 10.0. The number of carbonyl (C=O) groups is 2. The molecule has 0 atom stereocenters. The summed E-state index contributed by atoms with van der Waals surface area (Å²) in [5.74, 6) is -1.15. The van der Waals surface area contributed by atoms with Gasteiger partial charge in [0, 0.05) is 37.7 Å².